The number of nitrogens with zero attached hydrogens (tertiary/aromatic N) is 1. The predicted molar refractivity (Wildman–Crippen MR) is 96.0 cm³/mol. The summed E-state index contributed by atoms with van der Waals surface area (Å²) < 4.78 is 0. The first-order valence-corrected chi connectivity index (χ1v) is 8.52. The third-order valence-corrected chi connectivity index (χ3v) is 5.23. The summed E-state index contributed by atoms with van der Waals surface area (Å²) in [5, 5.41) is 10.2. The van der Waals surface area contributed by atoms with E-state index in [4.69, 9.17) is 11.6 Å². The van der Waals surface area contributed by atoms with E-state index < -0.39 is 0 Å². The molecule has 1 aliphatic rings. The zero-order chi connectivity index (χ0) is 15.8. The van der Waals surface area contributed by atoms with Crippen LogP contribution in [0.4, 0.5) is 11.4 Å². The highest BCUT2D eigenvalue weighted by atomic mass is 35.5. The summed E-state index contributed by atoms with van der Waals surface area (Å²) >= 11 is 7.99. The average Bonchev–Trinajstić information content (AvgIpc) is 2.57. The molecule has 3 aromatic rings. The molecular weight excluding hydrogens is 326 g/mol. The Morgan fingerprint density at radius 3 is 2.43 bits per heavy atom. The van der Waals surface area contributed by atoms with Crippen LogP contribution in [0.1, 0.15) is 5.56 Å². The molecule has 0 fully saturated rings. The zero-order valence-corrected chi connectivity index (χ0v) is 13.8. The number of halogens is 1. The van der Waals surface area contributed by atoms with E-state index in [1.165, 1.54) is 15.5 Å². The number of phenols is 1. The summed E-state index contributed by atoms with van der Waals surface area (Å²) in [6.45, 7) is 0.727. The molecule has 0 saturated heterocycles. The van der Waals surface area contributed by atoms with Crippen LogP contribution in [-0.2, 0) is 6.54 Å². The van der Waals surface area contributed by atoms with Gasteiger partial charge >= 0.3 is 0 Å². The van der Waals surface area contributed by atoms with Crippen molar-refractivity contribution in [1.82, 2.24) is 0 Å². The van der Waals surface area contributed by atoms with E-state index in [0.29, 0.717) is 0 Å². The van der Waals surface area contributed by atoms with E-state index in [2.05, 4.69) is 35.2 Å². The van der Waals surface area contributed by atoms with Crippen LogP contribution in [0, 0.1) is 0 Å². The molecule has 23 heavy (non-hydrogen) atoms. The molecule has 1 heterocycles. The van der Waals surface area contributed by atoms with Crippen LogP contribution in [0.2, 0.25) is 5.02 Å². The maximum atomic E-state index is 9.48. The Hall–Kier alpha value is -2.10. The number of hydrogen-bond donors (Lipinski definition) is 1. The quantitative estimate of drug-likeness (QED) is 0.633. The lowest BCUT2D eigenvalue weighted by molar-refractivity contribution is 0.475. The van der Waals surface area contributed by atoms with Crippen LogP contribution < -0.4 is 4.90 Å². The standard InChI is InChI=1S/C19H14ClNOS/c20-14-7-10-19-17(11-14)21(12-13-5-8-15(22)9-6-13)16-3-1-2-4-18(16)23-19/h1-11,22H,12H2. The van der Waals surface area contributed by atoms with Crippen molar-refractivity contribution in [3.8, 4) is 5.75 Å². The van der Waals surface area contributed by atoms with Gasteiger partial charge in [0.1, 0.15) is 5.75 Å². The summed E-state index contributed by atoms with van der Waals surface area (Å²) in [4.78, 5) is 4.72. The molecule has 0 bridgehead atoms. The van der Waals surface area contributed by atoms with Crippen LogP contribution in [0.3, 0.4) is 0 Å². The van der Waals surface area contributed by atoms with Crippen LogP contribution in [0.15, 0.2) is 76.5 Å². The fourth-order valence-corrected chi connectivity index (χ4v) is 4.00. The summed E-state index contributed by atoms with van der Waals surface area (Å²) in [6.07, 6.45) is 0. The Morgan fingerprint density at radius 2 is 1.61 bits per heavy atom. The van der Waals surface area contributed by atoms with Crippen LogP contribution in [0.25, 0.3) is 0 Å². The van der Waals surface area contributed by atoms with Crippen molar-refractivity contribution >= 4 is 34.7 Å². The van der Waals surface area contributed by atoms with Gasteiger partial charge in [0.15, 0.2) is 0 Å². The smallest absolute Gasteiger partial charge is 0.115 e. The third kappa shape index (κ3) is 2.78. The molecule has 4 heteroatoms. The van der Waals surface area contributed by atoms with E-state index in [1.807, 2.05) is 24.3 Å². The first kappa shape index (κ1) is 14.5. The second-order valence-electron chi connectivity index (χ2n) is 5.43. The van der Waals surface area contributed by atoms with Gasteiger partial charge in [-0.15, -0.1) is 0 Å². The average molecular weight is 340 g/mol. The lowest BCUT2D eigenvalue weighted by atomic mass is 10.1. The predicted octanol–water partition coefficient (Wildman–Crippen LogP) is 5.85. The summed E-state index contributed by atoms with van der Waals surface area (Å²) in [5.74, 6) is 0.284. The van der Waals surface area contributed by atoms with Crippen LogP contribution in [0.5, 0.6) is 5.75 Å². The summed E-state index contributed by atoms with van der Waals surface area (Å²) in [5.41, 5.74) is 3.44. The minimum absolute atomic E-state index is 0.284. The Bertz CT molecular complexity index is 863. The molecular formula is C19H14ClNOS. The fraction of sp³-hybridized carbons (Fsp3) is 0.0526. The lowest BCUT2D eigenvalue weighted by Crippen LogP contribution is -2.20. The number of aromatic hydroxyl groups is 1. The van der Waals surface area contributed by atoms with Gasteiger partial charge in [0.05, 0.1) is 11.4 Å². The van der Waals surface area contributed by atoms with Gasteiger partial charge in [-0.3, -0.25) is 0 Å². The number of para-hydroxylation sites is 1. The molecule has 0 radical (unpaired) electrons. The Kier molecular flexibility index (Phi) is 3.68. The number of phenolic OH excluding ortho intramolecular Hbond substituents is 1. The molecule has 0 saturated carbocycles. The van der Waals surface area contributed by atoms with Gasteiger partial charge in [0.25, 0.3) is 0 Å². The topological polar surface area (TPSA) is 23.5 Å². The molecule has 2 nitrogen and oxygen atoms in total. The maximum absolute atomic E-state index is 9.48. The summed E-state index contributed by atoms with van der Waals surface area (Å²) in [6, 6.07) is 21.7. The SMILES string of the molecule is Oc1ccc(CN2c3ccccc3Sc3ccc(Cl)cc32)cc1. The largest absolute Gasteiger partial charge is 0.508 e. The Balaban J connectivity index is 1.81. The Morgan fingerprint density at radius 1 is 0.870 bits per heavy atom. The molecule has 0 atom stereocenters. The minimum atomic E-state index is 0.284. The molecule has 1 aliphatic heterocycles. The van der Waals surface area contributed by atoms with Crippen molar-refractivity contribution in [1.29, 1.82) is 0 Å². The molecule has 3 aromatic carbocycles. The van der Waals surface area contributed by atoms with Gasteiger partial charge in [-0.05, 0) is 48.0 Å². The highest BCUT2D eigenvalue weighted by molar-refractivity contribution is 7.99. The number of anilines is 2. The second-order valence-corrected chi connectivity index (χ2v) is 6.95. The first-order chi connectivity index (χ1) is 11.2. The molecule has 1 N–H and O–H groups in total. The van der Waals surface area contributed by atoms with Crippen molar-refractivity contribution < 1.29 is 5.11 Å². The van der Waals surface area contributed by atoms with Gasteiger partial charge in [-0.1, -0.05) is 47.6 Å². The molecule has 0 amide bonds. The van der Waals surface area contributed by atoms with E-state index in [1.54, 1.807) is 23.9 Å². The van der Waals surface area contributed by atoms with E-state index in [9.17, 15) is 5.11 Å². The van der Waals surface area contributed by atoms with Gasteiger partial charge in [-0.2, -0.15) is 0 Å². The molecule has 0 aromatic heterocycles. The lowest BCUT2D eigenvalue weighted by Gasteiger charge is -2.33. The van der Waals surface area contributed by atoms with Crippen molar-refractivity contribution in [2.24, 2.45) is 0 Å². The first-order valence-electron chi connectivity index (χ1n) is 7.32. The number of fused-ring (bicyclic) bond motifs is 2. The third-order valence-electron chi connectivity index (χ3n) is 3.86. The van der Waals surface area contributed by atoms with Crippen molar-refractivity contribution in [2.45, 2.75) is 16.3 Å². The van der Waals surface area contributed by atoms with Gasteiger partial charge in [0.2, 0.25) is 0 Å². The van der Waals surface area contributed by atoms with Crippen LogP contribution in [-0.4, -0.2) is 5.11 Å². The monoisotopic (exact) mass is 339 g/mol. The summed E-state index contributed by atoms with van der Waals surface area (Å²) in [7, 11) is 0. The van der Waals surface area contributed by atoms with E-state index >= 15 is 0 Å². The number of hydrogen-bond acceptors (Lipinski definition) is 3. The van der Waals surface area contributed by atoms with Crippen LogP contribution >= 0.6 is 23.4 Å². The molecule has 114 valence electrons. The molecule has 4 rings (SSSR count). The van der Waals surface area contributed by atoms with Gasteiger partial charge < -0.3 is 10.0 Å². The zero-order valence-electron chi connectivity index (χ0n) is 12.2. The highest BCUT2D eigenvalue weighted by Crippen LogP contribution is 2.49. The van der Waals surface area contributed by atoms with Crippen molar-refractivity contribution in [2.75, 3.05) is 4.90 Å². The van der Waals surface area contributed by atoms with E-state index in [-0.39, 0.29) is 5.75 Å². The normalized spacial score (nSPS) is 12.7. The minimum Gasteiger partial charge on any atom is -0.508 e. The highest BCUT2D eigenvalue weighted by Gasteiger charge is 2.23. The molecule has 0 aliphatic carbocycles. The molecule has 0 unspecified atom stereocenters. The maximum Gasteiger partial charge on any atom is 0.115 e. The second kappa shape index (κ2) is 5.84. The number of benzene rings is 3. The van der Waals surface area contributed by atoms with Crippen molar-refractivity contribution in [3.63, 3.8) is 0 Å². The fourth-order valence-electron chi connectivity index (χ4n) is 2.76. The van der Waals surface area contributed by atoms with Crippen molar-refractivity contribution in [3.05, 3.63) is 77.3 Å². The van der Waals surface area contributed by atoms with E-state index in [0.717, 1.165) is 22.8 Å². The number of rotatable bonds is 2. The van der Waals surface area contributed by atoms with Gasteiger partial charge in [0, 0.05) is 21.4 Å². The Labute approximate surface area is 144 Å². The van der Waals surface area contributed by atoms with Gasteiger partial charge in [-0.25, -0.2) is 0 Å². The molecule has 0 spiro atoms.